The van der Waals surface area contributed by atoms with Gasteiger partial charge in [0.15, 0.2) is 0 Å². The number of hydrogen-bond acceptors (Lipinski definition) is 9. The molecule has 0 aliphatic rings. The topological polar surface area (TPSA) is 150 Å². The lowest BCUT2D eigenvalue weighted by Gasteiger charge is -2.21. The second kappa shape index (κ2) is 7.61. The van der Waals surface area contributed by atoms with Crippen molar-refractivity contribution >= 4 is 33.2 Å². The number of benzene rings is 2. The number of aliphatic hydroxyl groups is 1. The molecule has 11 heteroatoms. The van der Waals surface area contributed by atoms with Crippen molar-refractivity contribution in [3.05, 3.63) is 36.7 Å². The molecule has 0 unspecified atom stereocenters. The first kappa shape index (κ1) is 19.6. The van der Waals surface area contributed by atoms with E-state index in [2.05, 4.69) is 21.0 Å². The third-order valence-corrected chi connectivity index (χ3v) is 4.60. The van der Waals surface area contributed by atoms with Gasteiger partial charge in [-0.25, -0.2) is 5.84 Å². The Bertz CT molecular complexity index is 1200. The smallest absolute Gasteiger partial charge is 0.142 e. The van der Waals surface area contributed by atoms with E-state index in [-0.39, 0.29) is 24.1 Å². The van der Waals surface area contributed by atoms with Gasteiger partial charge in [-0.05, 0) is 26.0 Å². The molecule has 4 aromatic rings. The molecule has 0 atom stereocenters. The summed E-state index contributed by atoms with van der Waals surface area (Å²) in [5.74, 6) is 6.12. The molecule has 30 heavy (non-hydrogen) atoms. The molecule has 0 amide bonds. The highest BCUT2D eigenvalue weighted by atomic mass is 16.3. The first-order chi connectivity index (χ1) is 14.4. The number of hydrogen-bond donors (Lipinski definition) is 6. The number of aromatic hydroxyl groups is 2. The van der Waals surface area contributed by atoms with Crippen molar-refractivity contribution in [1.82, 2.24) is 19.8 Å². The van der Waals surface area contributed by atoms with Gasteiger partial charge in [0.1, 0.15) is 22.9 Å². The Balaban J connectivity index is 1.72. The molecule has 2 aromatic heterocycles. The lowest BCUT2D eigenvalue weighted by molar-refractivity contribution is 0.306. The standard InChI is InChI=1S/C19H24N8O3/c1-11(2)24-27-15-8-19(30)17(6-13(15)10-23-27)25(20)16-5-12-9-22-26(21-3-4-28)14(12)7-18(16)29/h5-11,21,24,28-30H,3-4,20H2,1-2H3. The molecule has 0 spiro atoms. The number of rotatable bonds is 7. The van der Waals surface area contributed by atoms with Crippen molar-refractivity contribution in [3.8, 4) is 11.5 Å². The zero-order valence-electron chi connectivity index (χ0n) is 16.6. The summed E-state index contributed by atoms with van der Waals surface area (Å²) in [6.45, 7) is 4.25. The highest BCUT2D eigenvalue weighted by Crippen LogP contribution is 2.39. The maximum absolute atomic E-state index is 10.6. The average Bonchev–Trinajstić information content (AvgIpc) is 3.27. The fourth-order valence-corrected chi connectivity index (χ4v) is 3.25. The van der Waals surface area contributed by atoms with Crippen molar-refractivity contribution < 1.29 is 15.3 Å². The van der Waals surface area contributed by atoms with E-state index >= 15 is 0 Å². The van der Waals surface area contributed by atoms with E-state index in [0.717, 1.165) is 10.8 Å². The molecule has 4 rings (SSSR count). The molecule has 0 radical (unpaired) electrons. The molecule has 0 aliphatic heterocycles. The summed E-state index contributed by atoms with van der Waals surface area (Å²) < 4.78 is 0. The first-order valence-electron chi connectivity index (χ1n) is 9.46. The predicted molar refractivity (Wildman–Crippen MR) is 115 cm³/mol. The van der Waals surface area contributed by atoms with Crippen molar-refractivity contribution in [1.29, 1.82) is 0 Å². The molecule has 11 nitrogen and oxygen atoms in total. The Morgan fingerprint density at radius 1 is 0.967 bits per heavy atom. The van der Waals surface area contributed by atoms with Crippen LogP contribution in [0.4, 0.5) is 11.4 Å². The molecule has 0 saturated carbocycles. The van der Waals surface area contributed by atoms with E-state index in [1.165, 1.54) is 15.9 Å². The summed E-state index contributed by atoms with van der Waals surface area (Å²) in [6, 6.07) is 6.62. The van der Waals surface area contributed by atoms with E-state index in [4.69, 9.17) is 10.9 Å². The summed E-state index contributed by atoms with van der Waals surface area (Å²) in [5.41, 5.74) is 8.01. The van der Waals surface area contributed by atoms with Crippen LogP contribution in [0, 0.1) is 0 Å². The van der Waals surface area contributed by atoms with E-state index in [1.807, 2.05) is 13.8 Å². The van der Waals surface area contributed by atoms with Gasteiger partial charge in [0.2, 0.25) is 0 Å². The van der Waals surface area contributed by atoms with Crippen molar-refractivity contribution in [2.75, 3.05) is 29.0 Å². The van der Waals surface area contributed by atoms with Crippen molar-refractivity contribution in [2.24, 2.45) is 5.84 Å². The summed E-state index contributed by atoms with van der Waals surface area (Å²) in [4.78, 5) is 3.07. The second-order valence-electron chi connectivity index (χ2n) is 7.20. The second-order valence-corrected chi connectivity index (χ2v) is 7.20. The number of hydrazine groups is 1. The molecular weight excluding hydrogens is 388 g/mol. The van der Waals surface area contributed by atoms with E-state index in [9.17, 15) is 10.2 Å². The van der Waals surface area contributed by atoms with Crippen LogP contribution in [0.1, 0.15) is 13.8 Å². The fraction of sp³-hybridized carbons (Fsp3) is 0.263. The van der Waals surface area contributed by atoms with Gasteiger partial charge in [0.25, 0.3) is 0 Å². The number of nitrogens with one attached hydrogen (secondary N) is 2. The van der Waals surface area contributed by atoms with Crippen LogP contribution in [0.3, 0.4) is 0 Å². The number of anilines is 2. The Kier molecular flexibility index (Phi) is 4.98. The van der Waals surface area contributed by atoms with Crippen molar-refractivity contribution in [3.63, 3.8) is 0 Å². The Morgan fingerprint density at radius 2 is 1.50 bits per heavy atom. The van der Waals surface area contributed by atoms with Crippen LogP contribution in [-0.4, -0.2) is 54.3 Å². The Morgan fingerprint density at radius 3 is 2.03 bits per heavy atom. The normalized spacial score (nSPS) is 11.5. The monoisotopic (exact) mass is 412 g/mol. The zero-order chi connectivity index (χ0) is 21.4. The predicted octanol–water partition coefficient (Wildman–Crippen LogP) is 1.30. The van der Waals surface area contributed by atoms with Gasteiger partial charge < -0.3 is 26.2 Å². The van der Waals surface area contributed by atoms with Gasteiger partial charge >= 0.3 is 0 Å². The molecule has 2 heterocycles. The highest BCUT2D eigenvalue weighted by molar-refractivity contribution is 5.91. The zero-order valence-corrected chi connectivity index (χ0v) is 16.6. The minimum Gasteiger partial charge on any atom is -0.506 e. The van der Waals surface area contributed by atoms with Gasteiger partial charge in [-0.1, -0.05) is 0 Å². The van der Waals surface area contributed by atoms with Gasteiger partial charge in [0.05, 0.1) is 36.6 Å². The van der Waals surface area contributed by atoms with Crippen molar-refractivity contribution in [2.45, 2.75) is 19.9 Å². The van der Waals surface area contributed by atoms with Crippen LogP contribution >= 0.6 is 0 Å². The summed E-state index contributed by atoms with van der Waals surface area (Å²) >= 11 is 0. The molecule has 7 N–H and O–H groups in total. The Hall–Kier alpha value is -3.70. The quantitative estimate of drug-likeness (QED) is 0.195. The molecule has 0 aliphatic carbocycles. The molecule has 0 bridgehead atoms. The average molecular weight is 412 g/mol. The largest absolute Gasteiger partial charge is 0.506 e. The minimum absolute atomic E-state index is 0.0486. The number of aliphatic hydroxyl groups excluding tert-OH is 1. The molecule has 0 fully saturated rings. The number of phenols is 2. The fourth-order valence-electron chi connectivity index (χ4n) is 3.25. The lowest BCUT2D eigenvalue weighted by Crippen LogP contribution is -2.25. The number of phenolic OH excluding ortho intramolecular Hbond substituents is 2. The van der Waals surface area contributed by atoms with E-state index in [1.54, 1.807) is 35.4 Å². The highest BCUT2D eigenvalue weighted by Gasteiger charge is 2.18. The van der Waals surface area contributed by atoms with Gasteiger partial charge in [-0.3, -0.25) is 5.01 Å². The molecule has 2 aromatic carbocycles. The SMILES string of the molecule is CC(C)Nn1ncc2cc(N(N)c3cc4cnn(NCCO)c4cc3O)c(O)cc21. The first-order valence-corrected chi connectivity index (χ1v) is 9.46. The molecule has 158 valence electrons. The molecule has 0 saturated heterocycles. The lowest BCUT2D eigenvalue weighted by atomic mass is 10.1. The number of aromatic nitrogens is 4. The third kappa shape index (κ3) is 3.40. The van der Waals surface area contributed by atoms with Gasteiger partial charge in [-0.15, -0.1) is 0 Å². The number of fused-ring (bicyclic) bond motifs is 2. The van der Waals surface area contributed by atoms with E-state index < -0.39 is 0 Å². The van der Waals surface area contributed by atoms with E-state index in [0.29, 0.717) is 29.0 Å². The summed E-state index contributed by atoms with van der Waals surface area (Å²) in [7, 11) is 0. The Labute approximate surface area is 171 Å². The maximum Gasteiger partial charge on any atom is 0.142 e. The molecular formula is C19H24N8O3. The summed E-state index contributed by atoms with van der Waals surface area (Å²) in [5, 5.41) is 41.3. The minimum atomic E-state index is -0.0887. The summed E-state index contributed by atoms with van der Waals surface area (Å²) in [6.07, 6.45) is 3.28. The van der Waals surface area contributed by atoms with Gasteiger partial charge in [0, 0.05) is 28.9 Å². The van der Waals surface area contributed by atoms with Crippen LogP contribution in [0.2, 0.25) is 0 Å². The number of nitrogens with two attached hydrogens (primary N) is 1. The third-order valence-electron chi connectivity index (χ3n) is 4.60. The van der Waals surface area contributed by atoms with Crippen LogP contribution in [0.15, 0.2) is 36.7 Å². The van der Waals surface area contributed by atoms with Crippen LogP contribution in [0.25, 0.3) is 21.8 Å². The number of nitrogens with zero attached hydrogens (tertiary/aromatic N) is 5. The van der Waals surface area contributed by atoms with Crippen LogP contribution in [-0.2, 0) is 0 Å². The van der Waals surface area contributed by atoms with Gasteiger partial charge in [-0.2, -0.15) is 19.8 Å². The van der Waals surface area contributed by atoms with Crippen LogP contribution in [0.5, 0.6) is 11.5 Å². The maximum atomic E-state index is 10.6. The van der Waals surface area contributed by atoms with Crippen LogP contribution < -0.4 is 21.7 Å².